The van der Waals surface area contributed by atoms with E-state index in [9.17, 15) is 14.0 Å². The van der Waals surface area contributed by atoms with Crippen LogP contribution in [0, 0.1) is 5.82 Å². The molecule has 4 nitrogen and oxygen atoms in total. The van der Waals surface area contributed by atoms with E-state index in [1.165, 1.54) is 17.0 Å². The van der Waals surface area contributed by atoms with Gasteiger partial charge in [0.2, 0.25) is 11.8 Å². The lowest BCUT2D eigenvalue weighted by Crippen LogP contribution is -2.52. The molecule has 0 saturated carbocycles. The Kier molecular flexibility index (Phi) is 7.80. The van der Waals surface area contributed by atoms with Crippen LogP contribution in [0.15, 0.2) is 48.5 Å². The zero-order chi connectivity index (χ0) is 21.6. The summed E-state index contributed by atoms with van der Waals surface area (Å²) in [4.78, 5) is 27.3. The van der Waals surface area contributed by atoms with Crippen molar-refractivity contribution in [3.8, 4) is 0 Å². The van der Waals surface area contributed by atoms with Crippen molar-refractivity contribution in [2.75, 3.05) is 0 Å². The van der Waals surface area contributed by atoms with Gasteiger partial charge in [-0.2, -0.15) is 0 Å². The SMILES string of the molecule is C[C@@H](C(=O)NC(C)(C)C)N(Cc1ccc(F)cc1)C(=O)CCc1ccccc1Cl. The van der Waals surface area contributed by atoms with E-state index in [1.54, 1.807) is 25.1 Å². The average molecular weight is 419 g/mol. The number of hydrogen-bond acceptors (Lipinski definition) is 2. The quantitative estimate of drug-likeness (QED) is 0.705. The smallest absolute Gasteiger partial charge is 0.242 e. The third-order valence-electron chi connectivity index (χ3n) is 4.50. The number of nitrogens with zero attached hydrogens (tertiary/aromatic N) is 1. The molecule has 2 aromatic rings. The monoisotopic (exact) mass is 418 g/mol. The van der Waals surface area contributed by atoms with Crippen molar-refractivity contribution in [2.45, 2.75) is 58.7 Å². The van der Waals surface area contributed by atoms with E-state index >= 15 is 0 Å². The van der Waals surface area contributed by atoms with Crippen LogP contribution in [0.3, 0.4) is 0 Å². The van der Waals surface area contributed by atoms with E-state index in [2.05, 4.69) is 5.32 Å². The third kappa shape index (κ3) is 7.17. The Hall–Kier alpha value is -2.40. The summed E-state index contributed by atoms with van der Waals surface area (Å²) in [7, 11) is 0. The van der Waals surface area contributed by atoms with Crippen LogP contribution in [0.4, 0.5) is 4.39 Å². The van der Waals surface area contributed by atoms with Gasteiger partial charge in [0.15, 0.2) is 0 Å². The highest BCUT2D eigenvalue weighted by molar-refractivity contribution is 6.31. The molecule has 0 aromatic heterocycles. The van der Waals surface area contributed by atoms with E-state index < -0.39 is 11.6 Å². The summed E-state index contributed by atoms with van der Waals surface area (Å²) in [6, 6.07) is 12.7. The predicted octanol–water partition coefficient (Wildman–Crippen LogP) is 4.74. The number of aryl methyl sites for hydroxylation is 1. The highest BCUT2D eigenvalue weighted by Gasteiger charge is 2.28. The van der Waals surface area contributed by atoms with Gasteiger partial charge in [-0.15, -0.1) is 0 Å². The largest absolute Gasteiger partial charge is 0.350 e. The van der Waals surface area contributed by atoms with E-state index in [1.807, 2.05) is 39.0 Å². The fourth-order valence-corrected chi connectivity index (χ4v) is 3.16. The zero-order valence-electron chi connectivity index (χ0n) is 17.3. The second kappa shape index (κ2) is 9.88. The van der Waals surface area contributed by atoms with E-state index in [0.29, 0.717) is 11.4 Å². The molecule has 2 rings (SSSR count). The second-order valence-electron chi connectivity index (χ2n) is 8.15. The second-order valence-corrected chi connectivity index (χ2v) is 8.56. The molecule has 156 valence electrons. The molecule has 0 aliphatic rings. The Morgan fingerprint density at radius 2 is 1.72 bits per heavy atom. The Morgan fingerprint density at radius 3 is 2.31 bits per heavy atom. The Labute approximate surface area is 177 Å². The van der Waals surface area contributed by atoms with E-state index in [4.69, 9.17) is 11.6 Å². The first kappa shape index (κ1) is 22.9. The third-order valence-corrected chi connectivity index (χ3v) is 4.87. The van der Waals surface area contributed by atoms with Crippen LogP contribution in [0.25, 0.3) is 0 Å². The molecule has 0 bridgehead atoms. The molecular formula is C23H28ClFN2O2. The van der Waals surface area contributed by atoms with Crippen molar-refractivity contribution in [1.29, 1.82) is 0 Å². The maximum atomic E-state index is 13.2. The minimum absolute atomic E-state index is 0.161. The summed E-state index contributed by atoms with van der Waals surface area (Å²) >= 11 is 6.19. The number of hydrogen-bond donors (Lipinski definition) is 1. The summed E-state index contributed by atoms with van der Waals surface area (Å²) in [5.41, 5.74) is 1.23. The summed E-state index contributed by atoms with van der Waals surface area (Å²) in [6.45, 7) is 7.60. The Balaban J connectivity index is 2.18. The number of amides is 2. The van der Waals surface area contributed by atoms with Gasteiger partial charge in [0.25, 0.3) is 0 Å². The average Bonchev–Trinajstić information content (AvgIpc) is 2.64. The summed E-state index contributed by atoms with van der Waals surface area (Å²) < 4.78 is 13.2. The number of nitrogens with one attached hydrogen (secondary N) is 1. The molecule has 0 radical (unpaired) electrons. The van der Waals surface area contributed by atoms with Crippen molar-refractivity contribution in [3.05, 3.63) is 70.5 Å². The lowest BCUT2D eigenvalue weighted by atomic mass is 10.1. The Bertz CT molecular complexity index is 847. The summed E-state index contributed by atoms with van der Waals surface area (Å²) in [6.07, 6.45) is 0.699. The van der Waals surface area contributed by atoms with Crippen LogP contribution >= 0.6 is 11.6 Å². The summed E-state index contributed by atoms with van der Waals surface area (Å²) in [5, 5.41) is 3.53. The molecule has 6 heteroatoms. The van der Waals surface area contributed by atoms with Gasteiger partial charge >= 0.3 is 0 Å². The van der Waals surface area contributed by atoms with Crippen LogP contribution in [0.1, 0.15) is 45.2 Å². The van der Waals surface area contributed by atoms with Crippen LogP contribution in [-0.4, -0.2) is 28.3 Å². The number of halogens is 2. The molecular weight excluding hydrogens is 391 g/mol. The molecule has 0 fully saturated rings. The minimum atomic E-state index is -0.668. The number of carbonyl (C=O) groups excluding carboxylic acids is 2. The van der Waals surface area contributed by atoms with Crippen LogP contribution < -0.4 is 5.32 Å². The van der Waals surface area contributed by atoms with Crippen molar-refractivity contribution < 1.29 is 14.0 Å². The van der Waals surface area contributed by atoms with E-state index in [-0.39, 0.29) is 30.6 Å². The summed E-state index contributed by atoms with van der Waals surface area (Å²) in [5.74, 6) is -0.736. The highest BCUT2D eigenvalue weighted by atomic mass is 35.5. The van der Waals surface area contributed by atoms with Gasteiger partial charge in [0, 0.05) is 23.5 Å². The molecule has 0 aliphatic carbocycles. The molecule has 2 aromatic carbocycles. The number of carbonyl (C=O) groups is 2. The van der Waals surface area contributed by atoms with Crippen LogP contribution in [0.5, 0.6) is 0 Å². The topological polar surface area (TPSA) is 49.4 Å². The lowest BCUT2D eigenvalue weighted by Gasteiger charge is -2.31. The highest BCUT2D eigenvalue weighted by Crippen LogP contribution is 2.19. The van der Waals surface area contributed by atoms with E-state index in [0.717, 1.165) is 11.1 Å². The molecule has 0 spiro atoms. The van der Waals surface area contributed by atoms with Crippen molar-refractivity contribution >= 4 is 23.4 Å². The first-order chi connectivity index (χ1) is 13.6. The van der Waals surface area contributed by atoms with Gasteiger partial charge < -0.3 is 10.2 Å². The molecule has 0 saturated heterocycles. The number of rotatable bonds is 7. The predicted molar refractivity (Wildman–Crippen MR) is 114 cm³/mol. The number of benzene rings is 2. The van der Waals surface area contributed by atoms with Gasteiger partial charge in [-0.25, -0.2) is 4.39 Å². The molecule has 2 amide bonds. The molecule has 29 heavy (non-hydrogen) atoms. The normalized spacial score (nSPS) is 12.3. The van der Waals surface area contributed by atoms with Gasteiger partial charge in [0.05, 0.1) is 0 Å². The fraction of sp³-hybridized carbons (Fsp3) is 0.391. The maximum absolute atomic E-state index is 13.2. The Morgan fingerprint density at radius 1 is 1.10 bits per heavy atom. The van der Waals surface area contributed by atoms with Gasteiger partial charge in [-0.1, -0.05) is 41.9 Å². The molecule has 1 atom stereocenters. The van der Waals surface area contributed by atoms with Crippen LogP contribution in [-0.2, 0) is 22.6 Å². The minimum Gasteiger partial charge on any atom is -0.350 e. The molecule has 0 unspecified atom stereocenters. The first-order valence-electron chi connectivity index (χ1n) is 9.66. The zero-order valence-corrected chi connectivity index (χ0v) is 18.1. The van der Waals surface area contributed by atoms with Crippen molar-refractivity contribution in [2.24, 2.45) is 0 Å². The van der Waals surface area contributed by atoms with Crippen molar-refractivity contribution in [1.82, 2.24) is 10.2 Å². The lowest BCUT2D eigenvalue weighted by molar-refractivity contribution is -0.141. The molecule has 0 heterocycles. The van der Waals surface area contributed by atoms with Crippen molar-refractivity contribution in [3.63, 3.8) is 0 Å². The fourth-order valence-electron chi connectivity index (χ4n) is 2.93. The first-order valence-corrected chi connectivity index (χ1v) is 10.0. The molecule has 0 aliphatic heterocycles. The van der Waals surface area contributed by atoms with Gasteiger partial charge in [0.1, 0.15) is 11.9 Å². The standard InChI is InChI=1S/C23H28ClFN2O2/c1-16(22(29)26-23(2,3)4)27(15-17-9-12-19(25)13-10-17)21(28)14-11-18-7-5-6-8-20(18)24/h5-10,12-13,16H,11,14-15H2,1-4H3,(H,26,29)/t16-/m0/s1. The van der Waals surface area contributed by atoms with Crippen LogP contribution in [0.2, 0.25) is 5.02 Å². The van der Waals surface area contributed by atoms with Gasteiger partial charge in [-0.3, -0.25) is 9.59 Å². The molecule has 1 N–H and O–H groups in total. The maximum Gasteiger partial charge on any atom is 0.242 e. The van der Waals surface area contributed by atoms with Gasteiger partial charge in [-0.05, 0) is 63.4 Å².